The number of rotatable bonds is 18. The van der Waals surface area contributed by atoms with Crippen LogP contribution in [0.4, 0.5) is 8.78 Å². The Bertz CT molecular complexity index is 680. The number of unbranched alkanes of at least 4 members (excludes halogenated alkanes) is 4. The van der Waals surface area contributed by atoms with Crippen LogP contribution in [0.2, 0.25) is 0 Å². The Labute approximate surface area is 228 Å². The number of hydrogen-bond donors (Lipinski definition) is 2. The molecule has 0 amide bonds. The van der Waals surface area contributed by atoms with E-state index in [2.05, 4.69) is 12.2 Å². The molecule has 0 bridgehead atoms. The van der Waals surface area contributed by atoms with E-state index < -0.39 is 18.1 Å². The molecule has 2 rings (SSSR count). The largest absolute Gasteiger partial charge is 0.463 e. The summed E-state index contributed by atoms with van der Waals surface area (Å²) in [5.74, 6) is -3.48. The van der Waals surface area contributed by atoms with Crippen molar-refractivity contribution in [2.24, 2.45) is 11.8 Å². The van der Waals surface area contributed by atoms with Gasteiger partial charge < -0.3 is 24.4 Å². The summed E-state index contributed by atoms with van der Waals surface area (Å²) in [4.78, 5) is 11.6. The average Bonchev–Trinajstić information content (AvgIpc) is 3.16. The molecule has 1 saturated carbocycles. The van der Waals surface area contributed by atoms with Crippen LogP contribution < -0.4 is 0 Å². The Morgan fingerprint density at radius 3 is 2.61 bits per heavy atom. The second kappa shape index (κ2) is 17.6. The SMILES string of the molecule is CCCCC(F)(F)C(O)CC[C@@H]1[C@@H](C/C=C\CCCCCC(=O)OC(C)C)[C@@H](O)C[C@H]1OC1CCCCO1. The molecule has 8 heteroatoms. The number of carbonyl (C=O) groups is 1. The molecule has 2 aliphatic rings. The van der Waals surface area contributed by atoms with E-state index in [4.69, 9.17) is 14.2 Å². The van der Waals surface area contributed by atoms with E-state index in [1.807, 2.05) is 20.8 Å². The highest BCUT2D eigenvalue weighted by Crippen LogP contribution is 2.42. The van der Waals surface area contributed by atoms with E-state index in [-0.39, 0.29) is 49.1 Å². The summed E-state index contributed by atoms with van der Waals surface area (Å²) in [6.45, 7) is 6.20. The molecule has 2 unspecified atom stereocenters. The maximum Gasteiger partial charge on any atom is 0.306 e. The standard InChI is InChI=1S/C30H52F2O6/c1-4-5-19-30(31,32)27(34)18-17-24-23(25(33)21-26(24)38-29-16-12-13-20-36-29)14-10-8-6-7-9-11-15-28(35)37-22(2)3/h8,10,22-27,29,33-34H,4-7,9,11-21H2,1-3H3/b10-8-/t23-,24-,25+,26-,27?,29?/m1/s1. The first-order valence-electron chi connectivity index (χ1n) is 15.0. The quantitative estimate of drug-likeness (QED) is 0.113. The van der Waals surface area contributed by atoms with Crippen molar-refractivity contribution in [2.75, 3.05) is 6.61 Å². The van der Waals surface area contributed by atoms with Gasteiger partial charge in [-0.25, -0.2) is 8.78 Å². The third-order valence-electron chi connectivity index (χ3n) is 7.78. The molecule has 0 spiro atoms. The van der Waals surface area contributed by atoms with Crippen molar-refractivity contribution in [3.05, 3.63) is 12.2 Å². The monoisotopic (exact) mass is 546 g/mol. The van der Waals surface area contributed by atoms with Gasteiger partial charge in [-0.3, -0.25) is 4.79 Å². The summed E-state index contributed by atoms with van der Waals surface area (Å²) >= 11 is 0. The predicted molar refractivity (Wildman–Crippen MR) is 144 cm³/mol. The summed E-state index contributed by atoms with van der Waals surface area (Å²) in [5.41, 5.74) is 0. The fraction of sp³-hybridized carbons (Fsp3) is 0.900. The first-order valence-corrected chi connectivity index (χ1v) is 15.0. The van der Waals surface area contributed by atoms with Gasteiger partial charge in [0.15, 0.2) is 6.29 Å². The summed E-state index contributed by atoms with van der Waals surface area (Å²) in [6.07, 6.45) is 10.3. The van der Waals surface area contributed by atoms with Crippen molar-refractivity contribution in [2.45, 2.75) is 154 Å². The molecule has 2 N–H and O–H groups in total. The zero-order chi connectivity index (χ0) is 28.0. The number of ether oxygens (including phenoxy) is 3. The highest BCUT2D eigenvalue weighted by atomic mass is 19.3. The molecular formula is C30H52F2O6. The molecule has 1 heterocycles. The number of allylic oxidation sites excluding steroid dienone is 2. The lowest BCUT2D eigenvalue weighted by atomic mass is 9.85. The van der Waals surface area contributed by atoms with Crippen molar-refractivity contribution < 1.29 is 38.0 Å². The highest BCUT2D eigenvalue weighted by molar-refractivity contribution is 5.69. The zero-order valence-corrected chi connectivity index (χ0v) is 23.8. The van der Waals surface area contributed by atoms with E-state index in [0.717, 1.165) is 44.9 Å². The van der Waals surface area contributed by atoms with E-state index in [1.54, 1.807) is 0 Å². The van der Waals surface area contributed by atoms with Crippen LogP contribution in [0.5, 0.6) is 0 Å². The average molecular weight is 547 g/mol. The van der Waals surface area contributed by atoms with Gasteiger partial charge in [0.25, 0.3) is 5.92 Å². The first kappa shape index (κ1) is 33.1. The lowest BCUT2D eigenvalue weighted by Crippen LogP contribution is -2.36. The molecule has 1 aliphatic carbocycles. The van der Waals surface area contributed by atoms with E-state index >= 15 is 0 Å². The minimum absolute atomic E-state index is 0.0149. The minimum Gasteiger partial charge on any atom is -0.463 e. The van der Waals surface area contributed by atoms with Crippen LogP contribution in [0.3, 0.4) is 0 Å². The molecule has 38 heavy (non-hydrogen) atoms. The molecule has 0 aromatic heterocycles. The fourth-order valence-electron chi connectivity index (χ4n) is 5.59. The Balaban J connectivity index is 1.87. The van der Waals surface area contributed by atoms with Gasteiger partial charge in [-0.05, 0) is 89.9 Å². The Kier molecular flexibility index (Phi) is 15.3. The smallest absolute Gasteiger partial charge is 0.306 e. The van der Waals surface area contributed by atoms with Crippen LogP contribution in [-0.2, 0) is 19.0 Å². The van der Waals surface area contributed by atoms with Crippen molar-refractivity contribution >= 4 is 5.97 Å². The van der Waals surface area contributed by atoms with Crippen molar-refractivity contribution in [3.8, 4) is 0 Å². The Morgan fingerprint density at radius 1 is 1.13 bits per heavy atom. The number of aliphatic hydroxyl groups is 2. The number of aliphatic hydroxyl groups excluding tert-OH is 2. The summed E-state index contributed by atoms with van der Waals surface area (Å²) in [6, 6.07) is 0. The lowest BCUT2D eigenvalue weighted by molar-refractivity contribution is -0.197. The van der Waals surface area contributed by atoms with Crippen LogP contribution in [0.25, 0.3) is 0 Å². The maximum atomic E-state index is 14.4. The zero-order valence-electron chi connectivity index (χ0n) is 23.8. The van der Waals surface area contributed by atoms with Gasteiger partial charge in [-0.2, -0.15) is 0 Å². The van der Waals surface area contributed by atoms with E-state index in [9.17, 15) is 23.8 Å². The molecular weight excluding hydrogens is 494 g/mol. The fourth-order valence-corrected chi connectivity index (χ4v) is 5.59. The number of halogens is 2. The van der Waals surface area contributed by atoms with Gasteiger partial charge in [-0.15, -0.1) is 0 Å². The minimum atomic E-state index is -3.10. The molecule has 2 fully saturated rings. The lowest BCUT2D eigenvalue weighted by Gasteiger charge is -2.31. The summed E-state index contributed by atoms with van der Waals surface area (Å²) in [7, 11) is 0. The second-order valence-corrected chi connectivity index (χ2v) is 11.4. The highest BCUT2D eigenvalue weighted by Gasteiger charge is 2.45. The molecule has 0 aromatic rings. The van der Waals surface area contributed by atoms with Gasteiger partial charge in [-0.1, -0.05) is 31.9 Å². The van der Waals surface area contributed by atoms with E-state index in [1.165, 1.54) is 0 Å². The Morgan fingerprint density at radius 2 is 1.92 bits per heavy atom. The molecule has 222 valence electrons. The number of esters is 1. The topological polar surface area (TPSA) is 85.2 Å². The third kappa shape index (κ3) is 12.0. The van der Waals surface area contributed by atoms with Crippen LogP contribution >= 0.6 is 0 Å². The van der Waals surface area contributed by atoms with Crippen molar-refractivity contribution in [3.63, 3.8) is 0 Å². The van der Waals surface area contributed by atoms with Gasteiger partial charge in [0, 0.05) is 25.9 Å². The third-order valence-corrected chi connectivity index (χ3v) is 7.78. The van der Waals surface area contributed by atoms with Crippen LogP contribution in [0, 0.1) is 11.8 Å². The molecule has 6 nitrogen and oxygen atoms in total. The van der Waals surface area contributed by atoms with Crippen LogP contribution in [-0.4, -0.2) is 59.4 Å². The van der Waals surface area contributed by atoms with Gasteiger partial charge >= 0.3 is 5.97 Å². The number of carbonyl (C=O) groups excluding carboxylic acids is 1. The molecule has 0 aromatic carbocycles. The van der Waals surface area contributed by atoms with Gasteiger partial charge in [0.1, 0.15) is 6.10 Å². The number of alkyl halides is 2. The summed E-state index contributed by atoms with van der Waals surface area (Å²) in [5, 5.41) is 21.2. The molecule has 1 saturated heterocycles. The van der Waals surface area contributed by atoms with Crippen molar-refractivity contribution in [1.29, 1.82) is 0 Å². The predicted octanol–water partition coefficient (Wildman–Crippen LogP) is 6.71. The molecule has 6 atom stereocenters. The number of hydrogen-bond acceptors (Lipinski definition) is 6. The Hall–Kier alpha value is -1.09. The van der Waals surface area contributed by atoms with Gasteiger partial charge in [0.05, 0.1) is 18.3 Å². The molecule has 0 radical (unpaired) electrons. The van der Waals surface area contributed by atoms with Crippen molar-refractivity contribution in [1.82, 2.24) is 0 Å². The van der Waals surface area contributed by atoms with E-state index in [0.29, 0.717) is 45.1 Å². The molecule has 1 aliphatic heterocycles. The second-order valence-electron chi connectivity index (χ2n) is 11.4. The first-order chi connectivity index (χ1) is 18.1. The maximum absolute atomic E-state index is 14.4. The normalized spacial score (nSPS) is 27.3. The van der Waals surface area contributed by atoms with Gasteiger partial charge in [0.2, 0.25) is 0 Å². The summed E-state index contributed by atoms with van der Waals surface area (Å²) < 4.78 is 46.0. The van der Waals surface area contributed by atoms with Crippen LogP contribution in [0.1, 0.15) is 117 Å². The van der Waals surface area contributed by atoms with Crippen LogP contribution in [0.15, 0.2) is 12.2 Å².